The number of nitrogen functional groups attached to an aromatic ring is 1. The zero-order valence-electron chi connectivity index (χ0n) is 5.73. The van der Waals surface area contributed by atoms with Crippen molar-refractivity contribution in [3.05, 3.63) is 16.4 Å². The third-order valence-corrected chi connectivity index (χ3v) is 2.02. The molecule has 0 bridgehead atoms. The Morgan fingerprint density at radius 1 is 1.64 bits per heavy atom. The number of nitrogens with two attached hydrogens (primary N) is 1. The highest BCUT2D eigenvalue weighted by Crippen LogP contribution is 1.98. The number of H-pyrrole nitrogens is 1. The van der Waals surface area contributed by atoms with E-state index in [0.717, 1.165) is 12.3 Å². The first-order valence-electron chi connectivity index (χ1n) is 2.69. The number of nitrogens with zero attached hydrogens (tertiary/aromatic N) is 1. The lowest BCUT2D eigenvalue weighted by molar-refractivity contribution is 0.587. The smallest absolute Gasteiger partial charge is 0.267 e. The molecule has 6 nitrogen and oxygen atoms in total. The van der Waals surface area contributed by atoms with Gasteiger partial charge in [-0.25, -0.2) is 13.5 Å². The average Bonchev–Trinajstić information content (AvgIpc) is 2.08. The molecule has 0 amide bonds. The Morgan fingerprint density at radius 3 is 2.36 bits per heavy atom. The Hall–Kier alpha value is -1.24. The zero-order valence-corrected chi connectivity index (χ0v) is 6.55. The third-order valence-electron chi connectivity index (χ3n) is 1.06. The van der Waals surface area contributed by atoms with E-state index in [1.807, 2.05) is 5.10 Å². The van der Waals surface area contributed by atoms with Gasteiger partial charge in [0.15, 0.2) is 0 Å². The van der Waals surface area contributed by atoms with E-state index >= 15 is 0 Å². The monoisotopic (exact) mass is 177 g/mol. The van der Waals surface area contributed by atoms with Gasteiger partial charge in [-0.3, -0.25) is 4.79 Å². The highest BCUT2D eigenvalue weighted by Gasteiger charge is 2.09. The highest BCUT2D eigenvalue weighted by molar-refractivity contribution is 7.89. The molecule has 0 atom stereocenters. The molecule has 0 fully saturated rings. The van der Waals surface area contributed by atoms with Crippen LogP contribution in [-0.4, -0.2) is 23.9 Å². The number of rotatable bonds is 1. The quantitative estimate of drug-likeness (QED) is 0.549. The topological polar surface area (TPSA) is 98.0 Å². The predicted octanol–water partition coefficient (Wildman–Crippen LogP) is -1.43. The molecule has 0 radical (unpaired) electrons. The van der Waals surface area contributed by atoms with E-state index in [1.165, 1.54) is 0 Å². The van der Waals surface area contributed by atoms with Crippen molar-refractivity contribution in [3.63, 3.8) is 0 Å². The van der Waals surface area contributed by atoms with Crippen molar-refractivity contribution >= 4 is 15.8 Å². The molecule has 0 spiro atoms. The van der Waals surface area contributed by atoms with Crippen molar-refractivity contribution in [2.75, 3.05) is 12.0 Å². The van der Waals surface area contributed by atoms with Crippen LogP contribution in [0.1, 0.15) is 0 Å². The van der Waals surface area contributed by atoms with Gasteiger partial charge < -0.3 is 5.73 Å². The minimum Gasteiger partial charge on any atom is -0.383 e. The second-order valence-corrected chi connectivity index (χ2v) is 3.90. The van der Waals surface area contributed by atoms with Crippen molar-refractivity contribution in [1.29, 1.82) is 0 Å². The standard InChI is InChI=1S/C4H7N3O3S/c1-11(9,10)7-3(5)2-4(8)6-7/h2H,5H2,1H3,(H,6,8). The van der Waals surface area contributed by atoms with E-state index in [-0.39, 0.29) is 5.82 Å². The minimum absolute atomic E-state index is 0.113. The average molecular weight is 177 g/mol. The lowest BCUT2D eigenvalue weighted by atomic mass is 10.7. The molecule has 0 aliphatic heterocycles. The minimum atomic E-state index is -3.48. The third kappa shape index (κ3) is 1.43. The molecule has 1 rings (SSSR count). The number of hydrogen-bond donors (Lipinski definition) is 2. The lowest BCUT2D eigenvalue weighted by Crippen LogP contribution is -2.16. The maximum atomic E-state index is 10.8. The number of aromatic nitrogens is 2. The van der Waals surface area contributed by atoms with Crippen LogP contribution in [0, 0.1) is 0 Å². The van der Waals surface area contributed by atoms with E-state index in [9.17, 15) is 13.2 Å². The summed E-state index contributed by atoms with van der Waals surface area (Å²) in [6.45, 7) is 0. The Balaban J connectivity index is 3.48. The maximum absolute atomic E-state index is 10.8. The zero-order chi connectivity index (χ0) is 8.65. The SMILES string of the molecule is CS(=O)(=O)n1[nH]c(=O)cc1N. The van der Waals surface area contributed by atoms with Crippen molar-refractivity contribution in [3.8, 4) is 0 Å². The number of aromatic amines is 1. The van der Waals surface area contributed by atoms with E-state index < -0.39 is 15.6 Å². The van der Waals surface area contributed by atoms with Crippen molar-refractivity contribution in [2.24, 2.45) is 0 Å². The Kier molecular flexibility index (Phi) is 1.52. The fraction of sp³-hybridized carbons (Fsp3) is 0.250. The first-order valence-corrected chi connectivity index (χ1v) is 4.54. The maximum Gasteiger partial charge on any atom is 0.267 e. The van der Waals surface area contributed by atoms with E-state index in [2.05, 4.69) is 0 Å². The van der Waals surface area contributed by atoms with Crippen molar-refractivity contribution < 1.29 is 8.42 Å². The van der Waals surface area contributed by atoms with Crippen LogP contribution in [0.5, 0.6) is 0 Å². The molecule has 62 valence electrons. The van der Waals surface area contributed by atoms with Gasteiger partial charge in [-0.2, -0.15) is 4.09 Å². The summed E-state index contributed by atoms with van der Waals surface area (Å²) in [5.41, 5.74) is 4.65. The molecular formula is C4H7N3O3S. The summed E-state index contributed by atoms with van der Waals surface area (Å²) in [5, 5.41) is 2.03. The fourth-order valence-corrected chi connectivity index (χ4v) is 1.36. The molecule has 0 saturated carbocycles. The van der Waals surface area contributed by atoms with E-state index in [4.69, 9.17) is 5.73 Å². The van der Waals surface area contributed by atoms with Crippen LogP contribution in [0.15, 0.2) is 10.9 Å². The Morgan fingerprint density at radius 2 is 2.18 bits per heavy atom. The summed E-state index contributed by atoms with van der Waals surface area (Å²) in [6.07, 6.45) is 0.944. The Labute approximate surface area is 62.7 Å². The molecule has 0 aliphatic carbocycles. The normalized spacial score (nSPS) is 11.7. The van der Waals surface area contributed by atoms with Gasteiger partial charge in [0, 0.05) is 6.07 Å². The van der Waals surface area contributed by atoms with Crippen LogP contribution < -0.4 is 11.3 Å². The number of hydrogen-bond acceptors (Lipinski definition) is 4. The molecule has 7 heteroatoms. The molecule has 1 aromatic rings. The predicted molar refractivity (Wildman–Crippen MR) is 39.7 cm³/mol. The van der Waals surface area contributed by atoms with Crippen molar-refractivity contribution in [1.82, 2.24) is 9.19 Å². The van der Waals surface area contributed by atoms with Gasteiger partial charge >= 0.3 is 0 Å². The van der Waals surface area contributed by atoms with Gasteiger partial charge in [-0.15, -0.1) is 0 Å². The summed E-state index contributed by atoms with van der Waals surface area (Å²) in [6, 6.07) is 1.00. The summed E-state index contributed by atoms with van der Waals surface area (Å²) >= 11 is 0. The van der Waals surface area contributed by atoms with Gasteiger partial charge in [0.1, 0.15) is 5.82 Å². The first kappa shape index (κ1) is 7.86. The summed E-state index contributed by atoms with van der Waals surface area (Å²) in [4.78, 5) is 10.5. The van der Waals surface area contributed by atoms with Gasteiger partial charge in [0.05, 0.1) is 6.26 Å². The molecule has 11 heavy (non-hydrogen) atoms. The van der Waals surface area contributed by atoms with Crippen molar-refractivity contribution in [2.45, 2.75) is 0 Å². The molecule has 3 N–H and O–H groups in total. The van der Waals surface area contributed by atoms with Gasteiger partial charge in [-0.1, -0.05) is 0 Å². The molecule has 0 unspecified atom stereocenters. The summed E-state index contributed by atoms with van der Waals surface area (Å²) in [7, 11) is -3.48. The number of nitrogens with one attached hydrogen (secondary N) is 1. The summed E-state index contributed by atoms with van der Waals surface area (Å²) in [5.74, 6) is -0.113. The van der Waals surface area contributed by atoms with Crippen LogP contribution in [-0.2, 0) is 10.0 Å². The second kappa shape index (κ2) is 2.12. The van der Waals surface area contributed by atoms with Gasteiger partial charge in [0.2, 0.25) is 0 Å². The largest absolute Gasteiger partial charge is 0.383 e. The fourth-order valence-electron chi connectivity index (χ4n) is 0.664. The number of anilines is 1. The van der Waals surface area contributed by atoms with E-state index in [0.29, 0.717) is 4.09 Å². The molecule has 0 aliphatic rings. The molecule has 1 heterocycles. The molecular weight excluding hydrogens is 170 g/mol. The highest BCUT2D eigenvalue weighted by atomic mass is 32.2. The second-order valence-electron chi connectivity index (χ2n) is 2.07. The Bertz CT molecular complexity index is 412. The van der Waals surface area contributed by atoms with E-state index in [1.54, 1.807) is 0 Å². The molecule has 0 aromatic carbocycles. The van der Waals surface area contributed by atoms with Crippen LogP contribution in [0.25, 0.3) is 0 Å². The van der Waals surface area contributed by atoms with Gasteiger partial charge in [-0.05, 0) is 0 Å². The van der Waals surface area contributed by atoms with Crippen LogP contribution in [0.4, 0.5) is 5.82 Å². The van der Waals surface area contributed by atoms with Crippen LogP contribution in [0.3, 0.4) is 0 Å². The van der Waals surface area contributed by atoms with Gasteiger partial charge in [0.25, 0.3) is 15.6 Å². The summed E-state index contributed by atoms with van der Waals surface area (Å²) < 4.78 is 22.2. The first-order chi connectivity index (χ1) is 4.91. The molecule has 0 saturated heterocycles. The van der Waals surface area contributed by atoms with Crippen LogP contribution >= 0.6 is 0 Å². The molecule has 1 aromatic heterocycles. The van der Waals surface area contributed by atoms with Crippen LogP contribution in [0.2, 0.25) is 0 Å². The lowest BCUT2D eigenvalue weighted by Gasteiger charge is -1.98.